The summed E-state index contributed by atoms with van der Waals surface area (Å²) in [5.74, 6) is 0.424. The first-order chi connectivity index (χ1) is 13.5. The van der Waals surface area contributed by atoms with E-state index in [1.54, 1.807) is 19.1 Å². The molecule has 1 aromatic heterocycles. The number of benzene rings is 2. The van der Waals surface area contributed by atoms with Gasteiger partial charge in [-0.2, -0.15) is 0 Å². The molecule has 1 heterocycles. The van der Waals surface area contributed by atoms with Crippen molar-refractivity contribution in [3.8, 4) is 5.75 Å². The molecule has 0 aliphatic rings. The zero-order valence-corrected chi connectivity index (χ0v) is 14.8. The standard InChI is InChI=1S/C19H16N2O7/c1-2-26-19(23)20-13-3-8-16-12(9-18(22)28-17(16)10-13)11-27-15-6-4-14(5-7-15)21(24)25/h3-10H,2,11H2,1H3,(H,20,23). The average molecular weight is 384 g/mol. The lowest BCUT2D eigenvalue weighted by Crippen LogP contribution is -2.13. The number of hydrogen-bond donors (Lipinski definition) is 1. The molecule has 0 bridgehead atoms. The zero-order valence-electron chi connectivity index (χ0n) is 14.8. The predicted molar refractivity (Wildman–Crippen MR) is 101 cm³/mol. The molecule has 2 aromatic carbocycles. The molecule has 0 radical (unpaired) electrons. The number of rotatable bonds is 6. The number of fused-ring (bicyclic) bond motifs is 1. The molecule has 1 N–H and O–H groups in total. The van der Waals surface area contributed by atoms with E-state index < -0.39 is 16.6 Å². The van der Waals surface area contributed by atoms with Crippen LogP contribution in [0.25, 0.3) is 11.0 Å². The minimum Gasteiger partial charge on any atom is -0.489 e. The van der Waals surface area contributed by atoms with Crippen LogP contribution in [-0.2, 0) is 11.3 Å². The topological polar surface area (TPSA) is 121 Å². The van der Waals surface area contributed by atoms with Gasteiger partial charge in [0.25, 0.3) is 5.69 Å². The third-order valence-electron chi connectivity index (χ3n) is 3.79. The minimum absolute atomic E-state index is 0.0419. The molecule has 3 rings (SSSR count). The van der Waals surface area contributed by atoms with Gasteiger partial charge in [0.2, 0.25) is 0 Å². The first-order valence-electron chi connectivity index (χ1n) is 8.34. The van der Waals surface area contributed by atoms with E-state index in [-0.39, 0.29) is 24.5 Å². The van der Waals surface area contributed by atoms with E-state index in [0.717, 1.165) is 0 Å². The molecule has 0 saturated carbocycles. The number of non-ortho nitro benzene ring substituents is 1. The van der Waals surface area contributed by atoms with E-state index >= 15 is 0 Å². The van der Waals surface area contributed by atoms with E-state index in [4.69, 9.17) is 13.9 Å². The number of nitro benzene ring substituents is 1. The first kappa shape index (κ1) is 18.9. The van der Waals surface area contributed by atoms with Gasteiger partial charge in [0.1, 0.15) is 17.9 Å². The molecule has 0 unspecified atom stereocenters. The van der Waals surface area contributed by atoms with E-state index in [9.17, 15) is 19.7 Å². The van der Waals surface area contributed by atoms with Crippen LogP contribution in [0.4, 0.5) is 16.2 Å². The summed E-state index contributed by atoms with van der Waals surface area (Å²) in [6, 6.07) is 11.8. The van der Waals surface area contributed by atoms with Crippen LogP contribution < -0.4 is 15.7 Å². The Bertz CT molecular complexity index is 1070. The monoisotopic (exact) mass is 384 g/mol. The summed E-state index contributed by atoms with van der Waals surface area (Å²) in [4.78, 5) is 33.6. The largest absolute Gasteiger partial charge is 0.489 e. The van der Waals surface area contributed by atoms with Crippen molar-refractivity contribution in [2.75, 3.05) is 11.9 Å². The van der Waals surface area contributed by atoms with Crippen LogP contribution in [0, 0.1) is 10.1 Å². The van der Waals surface area contributed by atoms with Crippen LogP contribution >= 0.6 is 0 Å². The molecule has 1 amide bonds. The number of amides is 1. The summed E-state index contributed by atoms with van der Waals surface area (Å²) in [5, 5.41) is 13.9. The summed E-state index contributed by atoms with van der Waals surface area (Å²) in [6.45, 7) is 1.99. The van der Waals surface area contributed by atoms with Crippen LogP contribution in [0.15, 0.2) is 57.7 Å². The Kier molecular flexibility index (Phi) is 5.54. The van der Waals surface area contributed by atoms with Gasteiger partial charge < -0.3 is 13.9 Å². The number of carbonyl (C=O) groups is 1. The Morgan fingerprint density at radius 3 is 2.61 bits per heavy atom. The second kappa shape index (κ2) is 8.21. The van der Waals surface area contributed by atoms with Gasteiger partial charge in [-0.1, -0.05) is 0 Å². The molecule has 0 fully saturated rings. The van der Waals surface area contributed by atoms with E-state index in [1.165, 1.54) is 36.4 Å². The number of ether oxygens (including phenoxy) is 2. The Morgan fingerprint density at radius 2 is 1.93 bits per heavy atom. The van der Waals surface area contributed by atoms with Gasteiger partial charge in [-0.15, -0.1) is 0 Å². The van der Waals surface area contributed by atoms with Gasteiger partial charge in [0.05, 0.1) is 11.5 Å². The van der Waals surface area contributed by atoms with Crippen LogP contribution in [0.2, 0.25) is 0 Å². The van der Waals surface area contributed by atoms with Gasteiger partial charge in [-0.3, -0.25) is 15.4 Å². The number of hydrogen-bond acceptors (Lipinski definition) is 7. The maximum atomic E-state index is 11.9. The second-order valence-corrected chi connectivity index (χ2v) is 5.69. The van der Waals surface area contributed by atoms with E-state index in [0.29, 0.717) is 22.4 Å². The highest BCUT2D eigenvalue weighted by Crippen LogP contribution is 2.24. The van der Waals surface area contributed by atoms with Crippen molar-refractivity contribution >= 4 is 28.4 Å². The quantitative estimate of drug-likeness (QED) is 0.389. The van der Waals surface area contributed by atoms with Gasteiger partial charge in [-0.25, -0.2) is 9.59 Å². The smallest absolute Gasteiger partial charge is 0.411 e. The highest BCUT2D eigenvalue weighted by atomic mass is 16.6. The van der Waals surface area contributed by atoms with E-state index in [2.05, 4.69) is 5.32 Å². The van der Waals surface area contributed by atoms with Gasteiger partial charge in [0, 0.05) is 40.9 Å². The lowest BCUT2D eigenvalue weighted by atomic mass is 10.1. The summed E-state index contributed by atoms with van der Waals surface area (Å²) < 4.78 is 15.6. The molecule has 28 heavy (non-hydrogen) atoms. The normalized spacial score (nSPS) is 10.5. The molecule has 0 aliphatic carbocycles. The molecule has 9 nitrogen and oxygen atoms in total. The molecule has 0 atom stereocenters. The fourth-order valence-electron chi connectivity index (χ4n) is 2.54. The fraction of sp³-hybridized carbons (Fsp3) is 0.158. The number of carbonyl (C=O) groups excluding carboxylic acids is 1. The zero-order chi connectivity index (χ0) is 20.1. The Labute approximate surface area is 158 Å². The van der Waals surface area contributed by atoms with Crippen molar-refractivity contribution in [3.05, 3.63) is 74.6 Å². The van der Waals surface area contributed by atoms with Crippen molar-refractivity contribution < 1.29 is 23.6 Å². The molecule has 0 spiro atoms. The predicted octanol–water partition coefficient (Wildman–Crippen LogP) is 3.85. The van der Waals surface area contributed by atoms with Crippen molar-refractivity contribution in [2.45, 2.75) is 13.5 Å². The number of nitrogens with one attached hydrogen (secondary N) is 1. The van der Waals surface area contributed by atoms with Gasteiger partial charge in [0.15, 0.2) is 0 Å². The van der Waals surface area contributed by atoms with Crippen LogP contribution in [-0.4, -0.2) is 17.6 Å². The first-order valence-corrected chi connectivity index (χ1v) is 8.34. The molecular formula is C19H16N2O7. The highest BCUT2D eigenvalue weighted by Gasteiger charge is 2.10. The van der Waals surface area contributed by atoms with E-state index in [1.807, 2.05) is 0 Å². The molecule has 0 aliphatic heterocycles. The third kappa shape index (κ3) is 4.44. The maximum Gasteiger partial charge on any atom is 0.411 e. The van der Waals surface area contributed by atoms with Crippen molar-refractivity contribution in [3.63, 3.8) is 0 Å². The molecular weight excluding hydrogens is 368 g/mol. The summed E-state index contributed by atoms with van der Waals surface area (Å²) in [5.41, 5.74) is 0.668. The Morgan fingerprint density at radius 1 is 1.18 bits per heavy atom. The van der Waals surface area contributed by atoms with Gasteiger partial charge in [-0.05, 0) is 31.2 Å². The SMILES string of the molecule is CCOC(=O)Nc1ccc2c(COc3ccc([N+](=O)[O-])cc3)cc(=O)oc2c1. The summed E-state index contributed by atoms with van der Waals surface area (Å²) in [6.07, 6.45) is -0.609. The molecule has 9 heteroatoms. The van der Waals surface area contributed by atoms with Crippen LogP contribution in [0.1, 0.15) is 12.5 Å². The van der Waals surface area contributed by atoms with Crippen molar-refractivity contribution in [1.29, 1.82) is 0 Å². The molecule has 3 aromatic rings. The van der Waals surface area contributed by atoms with Crippen LogP contribution in [0.5, 0.6) is 5.75 Å². The summed E-state index contributed by atoms with van der Waals surface area (Å²) >= 11 is 0. The van der Waals surface area contributed by atoms with Crippen molar-refractivity contribution in [1.82, 2.24) is 0 Å². The van der Waals surface area contributed by atoms with Crippen molar-refractivity contribution in [2.24, 2.45) is 0 Å². The van der Waals surface area contributed by atoms with Crippen LogP contribution in [0.3, 0.4) is 0 Å². The minimum atomic E-state index is -0.609. The lowest BCUT2D eigenvalue weighted by molar-refractivity contribution is -0.384. The number of nitro groups is 1. The lowest BCUT2D eigenvalue weighted by Gasteiger charge is -2.10. The third-order valence-corrected chi connectivity index (χ3v) is 3.79. The Hall–Kier alpha value is -3.88. The number of nitrogens with zero attached hydrogens (tertiary/aromatic N) is 1. The maximum absolute atomic E-state index is 11.9. The van der Waals surface area contributed by atoms with Gasteiger partial charge >= 0.3 is 11.7 Å². The highest BCUT2D eigenvalue weighted by molar-refractivity contribution is 5.89. The molecule has 144 valence electrons. The Balaban J connectivity index is 1.81. The second-order valence-electron chi connectivity index (χ2n) is 5.69. The average Bonchev–Trinajstić information content (AvgIpc) is 2.66. The molecule has 0 saturated heterocycles. The number of anilines is 1. The summed E-state index contributed by atoms with van der Waals surface area (Å²) in [7, 11) is 0. The fourth-order valence-corrected chi connectivity index (χ4v) is 2.54.